The molecule has 0 aromatic rings. The fraction of sp³-hybridized carbons (Fsp3) is 0.583. The van der Waals surface area contributed by atoms with E-state index >= 15 is 0 Å². The number of aliphatic hydroxyl groups excluding tert-OH is 1. The summed E-state index contributed by atoms with van der Waals surface area (Å²) in [4.78, 5) is 4.57. The molecule has 0 bridgehead atoms. The molecule has 1 atom stereocenters. The molecule has 28 heavy (non-hydrogen) atoms. The Labute approximate surface area is 170 Å². The minimum Gasteiger partial charge on any atom is -0.505 e. The highest BCUT2D eigenvalue weighted by Crippen LogP contribution is 2.43. The maximum atomic E-state index is 11.0. The average Bonchev–Trinajstić information content (AvgIpc) is 2.63. The summed E-state index contributed by atoms with van der Waals surface area (Å²) < 4.78 is 0. The summed E-state index contributed by atoms with van der Waals surface area (Å²) in [6.45, 7) is 18.2. The summed E-state index contributed by atoms with van der Waals surface area (Å²) in [6, 6.07) is 1.39. The van der Waals surface area contributed by atoms with Crippen LogP contribution < -0.4 is 5.32 Å². The molecule has 0 amide bonds. The molecule has 2 aliphatic carbocycles. The van der Waals surface area contributed by atoms with Crippen molar-refractivity contribution in [1.29, 1.82) is 0 Å². The molecule has 1 unspecified atom stereocenters. The van der Waals surface area contributed by atoms with E-state index in [1.165, 1.54) is 44.9 Å². The fourth-order valence-electron chi connectivity index (χ4n) is 5.41. The highest BCUT2D eigenvalue weighted by atomic mass is 16.3. The number of fused-ring (bicyclic) bond motifs is 1. The monoisotopic (exact) mass is 381 g/mol. The van der Waals surface area contributed by atoms with Gasteiger partial charge in [-0.15, -0.1) is 0 Å². The third kappa shape index (κ3) is 3.27. The van der Waals surface area contributed by atoms with Gasteiger partial charge in [0.2, 0.25) is 0 Å². The zero-order chi connectivity index (χ0) is 20.0. The first kappa shape index (κ1) is 19.2. The molecule has 4 rings (SSSR count). The first-order valence-electron chi connectivity index (χ1n) is 10.9. The van der Waals surface area contributed by atoms with Crippen molar-refractivity contribution < 1.29 is 5.11 Å². The predicted octanol–water partition coefficient (Wildman–Crippen LogP) is 4.96. The van der Waals surface area contributed by atoms with Crippen LogP contribution in [0.1, 0.15) is 58.8 Å². The quantitative estimate of drug-likeness (QED) is 0.722. The molecule has 4 aliphatic rings. The van der Waals surface area contributed by atoms with Crippen molar-refractivity contribution in [3.05, 3.63) is 59.9 Å². The average molecular weight is 382 g/mol. The lowest BCUT2D eigenvalue weighted by Crippen LogP contribution is -2.55. The number of hydrogen-bond acceptors (Lipinski definition) is 4. The number of piperazine rings is 1. The van der Waals surface area contributed by atoms with Crippen molar-refractivity contribution in [1.82, 2.24) is 15.1 Å². The number of rotatable bonds is 4. The molecular formula is C24H35N3O. The van der Waals surface area contributed by atoms with Crippen molar-refractivity contribution in [3.63, 3.8) is 0 Å². The Kier molecular flexibility index (Phi) is 5.07. The Morgan fingerprint density at radius 1 is 1.14 bits per heavy atom. The zero-order valence-electron chi connectivity index (χ0n) is 17.5. The van der Waals surface area contributed by atoms with Gasteiger partial charge in [-0.2, -0.15) is 0 Å². The smallest absolute Gasteiger partial charge is 0.148 e. The van der Waals surface area contributed by atoms with Crippen LogP contribution in [0, 0.1) is 5.92 Å². The van der Waals surface area contributed by atoms with Gasteiger partial charge >= 0.3 is 0 Å². The van der Waals surface area contributed by atoms with E-state index in [1.54, 1.807) is 0 Å². The second-order valence-electron chi connectivity index (χ2n) is 9.26. The van der Waals surface area contributed by atoms with Crippen molar-refractivity contribution in [2.45, 2.75) is 76.9 Å². The van der Waals surface area contributed by atoms with Crippen LogP contribution in [0.25, 0.3) is 0 Å². The maximum absolute atomic E-state index is 11.0. The number of nitrogens with zero attached hydrogens (tertiary/aromatic N) is 2. The molecule has 1 saturated heterocycles. The molecule has 2 saturated carbocycles. The first-order valence-corrected chi connectivity index (χ1v) is 10.9. The normalized spacial score (nSPS) is 31.4. The Morgan fingerprint density at radius 3 is 2.46 bits per heavy atom. The van der Waals surface area contributed by atoms with Gasteiger partial charge < -0.3 is 20.2 Å². The third-order valence-corrected chi connectivity index (χ3v) is 6.98. The van der Waals surface area contributed by atoms with Crippen LogP contribution in [0.4, 0.5) is 0 Å². The fourth-order valence-corrected chi connectivity index (χ4v) is 5.41. The summed E-state index contributed by atoms with van der Waals surface area (Å²) in [5.74, 6) is 1.03. The largest absolute Gasteiger partial charge is 0.505 e. The van der Waals surface area contributed by atoms with E-state index < -0.39 is 0 Å². The van der Waals surface area contributed by atoms with Crippen LogP contribution in [0.5, 0.6) is 0 Å². The maximum Gasteiger partial charge on any atom is 0.148 e. The van der Waals surface area contributed by atoms with Crippen molar-refractivity contribution in [2.24, 2.45) is 5.92 Å². The number of hydrogen-bond donors (Lipinski definition) is 2. The third-order valence-electron chi connectivity index (χ3n) is 6.98. The second-order valence-corrected chi connectivity index (χ2v) is 9.26. The van der Waals surface area contributed by atoms with E-state index in [0.29, 0.717) is 23.7 Å². The van der Waals surface area contributed by atoms with E-state index in [9.17, 15) is 5.11 Å². The lowest BCUT2D eigenvalue weighted by atomic mass is 9.79. The van der Waals surface area contributed by atoms with Gasteiger partial charge in [0, 0.05) is 47.7 Å². The van der Waals surface area contributed by atoms with Crippen LogP contribution in [0.3, 0.4) is 0 Å². The Hall–Kier alpha value is -2.10. The summed E-state index contributed by atoms with van der Waals surface area (Å²) in [5, 5.41) is 14.6. The summed E-state index contributed by atoms with van der Waals surface area (Å²) in [5.41, 5.74) is 4.18. The molecule has 2 heterocycles. The van der Waals surface area contributed by atoms with Crippen LogP contribution in [-0.2, 0) is 0 Å². The van der Waals surface area contributed by atoms with Gasteiger partial charge in [0.05, 0.1) is 5.70 Å². The van der Waals surface area contributed by atoms with E-state index in [4.69, 9.17) is 0 Å². The second kappa shape index (κ2) is 7.38. The van der Waals surface area contributed by atoms with Gasteiger partial charge in [0.15, 0.2) is 0 Å². The highest BCUT2D eigenvalue weighted by molar-refractivity contribution is 5.58. The Balaban J connectivity index is 1.53. The van der Waals surface area contributed by atoms with Gasteiger partial charge in [0.25, 0.3) is 0 Å². The molecule has 0 spiro atoms. The molecule has 3 fully saturated rings. The lowest BCUT2D eigenvalue weighted by Gasteiger charge is -2.53. The van der Waals surface area contributed by atoms with E-state index in [0.717, 1.165) is 35.1 Å². The first-order chi connectivity index (χ1) is 13.4. The topological polar surface area (TPSA) is 38.7 Å². The van der Waals surface area contributed by atoms with Crippen LogP contribution in [0.2, 0.25) is 0 Å². The molecule has 0 aromatic carbocycles. The minimum atomic E-state index is 0.248. The summed E-state index contributed by atoms with van der Waals surface area (Å²) in [6.07, 6.45) is 10.8. The van der Waals surface area contributed by atoms with Crippen molar-refractivity contribution >= 4 is 0 Å². The summed E-state index contributed by atoms with van der Waals surface area (Å²) in [7, 11) is 0. The van der Waals surface area contributed by atoms with Crippen LogP contribution >= 0.6 is 0 Å². The van der Waals surface area contributed by atoms with Gasteiger partial charge in [-0.25, -0.2) is 0 Å². The Morgan fingerprint density at radius 2 is 1.82 bits per heavy atom. The molecule has 152 valence electrons. The van der Waals surface area contributed by atoms with Crippen LogP contribution in [-0.4, -0.2) is 39.6 Å². The molecule has 2 aliphatic heterocycles. The Bertz CT molecular complexity index is 750. The predicted molar refractivity (Wildman–Crippen MR) is 115 cm³/mol. The van der Waals surface area contributed by atoms with Gasteiger partial charge in [-0.05, 0) is 38.5 Å². The van der Waals surface area contributed by atoms with Gasteiger partial charge in [0.1, 0.15) is 11.5 Å². The van der Waals surface area contributed by atoms with E-state index in [2.05, 4.69) is 54.9 Å². The molecule has 0 radical (unpaired) electrons. The molecular weight excluding hydrogens is 346 g/mol. The van der Waals surface area contributed by atoms with Gasteiger partial charge in [-0.1, -0.05) is 45.9 Å². The summed E-state index contributed by atoms with van der Waals surface area (Å²) >= 11 is 0. The molecule has 4 heteroatoms. The molecule has 0 aromatic heterocycles. The van der Waals surface area contributed by atoms with E-state index in [1.807, 2.05) is 0 Å². The standard InChI is InChI=1S/C24H35N3O/c1-15-11-21(12-15)27-16(2)13-26-14-22(17(3)24(28)23(26)19(27)5)18(4)25-20-9-7-6-8-10-20/h14-16,20-21,25,28H,3-13H2,1-2H3. The SMILES string of the molecule is C=C(NC1CCCCC1)C1=CN2CC(C)N(C3CC(C)C3)C(=C)C2=C(O)C1=C. The van der Waals surface area contributed by atoms with Gasteiger partial charge in [-0.3, -0.25) is 0 Å². The van der Waals surface area contributed by atoms with Crippen molar-refractivity contribution in [3.8, 4) is 0 Å². The molecule has 4 nitrogen and oxygen atoms in total. The molecule has 2 N–H and O–H groups in total. The number of allylic oxidation sites excluding steroid dienone is 2. The lowest BCUT2D eigenvalue weighted by molar-refractivity contribution is 0.0590. The van der Waals surface area contributed by atoms with Crippen molar-refractivity contribution in [2.75, 3.05) is 6.54 Å². The number of nitrogens with one attached hydrogen (secondary N) is 1. The zero-order valence-corrected chi connectivity index (χ0v) is 17.5. The minimum absolute atomic E-state index is 0.248. The van der Waals surface area contributed by atoms with E-state index in [-0.39, 0.29) is 5.76 Å². The number of aliphatic hydroxyl groups is 1. The highest BCUT2D eigenvalue weighted by Gasteiger charge is 2.41. The van der Waals surface area contributed by atoms with Crippen LogP contribution in [0.15, 0.2) is 59.9 Å².